The highest BCUT2D eigenvalue weighted by Crippen LogP contribution is 2.27. The van der Waals surface area contributed by atoms with E-state index in [4.69, 9.17) is 4.74 Å². The van der Waals surface area contributed by atoms with Gasteiger partial charge in [0.15, 0.2) is 12.3 Å². The molecular formula is C22H26N6O4S. The van der Waals surface area contributed by atoms with Crippen molar-refractivity contribution in [2.75, 3.05) is 25.5 Å². The first-order valence-electron chi connectivity index (χ1n) is 10.5. The van der Waals surface area contributed by atoms with Gasteiger partial charge in [-0.05, 0) is 56.2 Å². The topological polar surface area (TPSA) is 119 Å². The number of amidine groups is 1. The normalized spacial score (nSPS) is 15.4. The second-order valence-electron chi connectivity index (χ2n) is 8.08. The van der Waals surface area contributed by atoms with Crippen LogP contribution in [0.5, 0.6) is 5.88 Å². The molecule has 10 nitrogen and oxygen atoms in total. The van der Waals surface area contributed by atoms with Gasteiger partial charge in [0, 0.05) is 38.4 Å². The predicted octanol–water partition coefficient (Wildman–Crippen LogP) is 2.42. The zero-order chi connectivity index (χ0) is 23.8. The van der Waals surface area contributed by atoms with Crippen molar-refractivity contribution in [2.24, 2.45) is 11.4 Å². The van der Waals surface area contributed by atoms with Crippen molar-refractivity contribution in [2.45, 2.75) is 31.6 Å². The number of ether oxygens (including phenoxy) is 1. The number of benzene rings is 1. The molecule has 0 aliphatic carbocycles. The lowest BCUT2D eigenvalue weighted by molar-refractivity contribution is -0.118. The second-order valence-corrected chi connectivity index (χ2v) is 9.68. The summed E-state index contributed by atoms with van der Waals surface area (Å²) in [5, 5.41) is 7.79. The maximum absolute atomic E-state index is 12.5. The molecule has 2 aromatic heterocycles. The number of nitrogens with zero attached hydrogens (tertiary/aromatic N) is 5. The zero-order valence-corrected chi connectivity index (χ0v) is 19.8. The molecule has 0 bridgehead atoms. The Hall–Kier alpha value is -3.47. The number of hydrogen-bond acceptors (Lipinski definition) is 6. The first-order chi connectivity index (χ1) is 15.6. The van der Waals surface area contributed by atoms with E-state index < -0.39 is 15.9 Å². The molecule has 33 heavy (non-hydrogen) atoms. The molecule has 3 aromatic rings. The lowest BCUT2D eigenvalue weighted by atomic mass is 10.2. The Balaban J connectivity index is 1.41. The molecule has 0 saturated carbocycles. The standard InChI is InChI=1S/C22H26N6O4S/c1-14-12-15(2)23-21-20(14)22(25-28(21)4)32-13-19(29)24-16-7-9-17(10-8-16)33(30,31)26-18-6-5-11-27(18)3/h7-10,12H,5-6,11,13H2,1-4H3,(H,24,29)/b26-18+. The number of sulfonamides is 1. The van der Waals surface area contributed by atoms with Crippen LogP contribution in [0.25, 0.3) is 11.0 Å². The van der Waals surface area contributed by atoms with Gasteiger partial charge in [0.2, 0.25) is 5.88 Å². The average molecular weight is 471 g/mol. The summed E-state index contributed by atoms with van der Waals surface area (Å²) < 4.78 is 36.3. The van der Waals surface area contributed by atoms with E-state index in [9.17, 15) is 13.2 Å². The van der Waals surface area contributed by atoms with Crippen molar-refractivity contribution in [3.63, 3.8) is 0 Å². The van der Waals surface area contributed by atoms with Crippen molar-refractivity contribution >= 4 is 38.5 Å². The van der Waals surface area contributed by atoms with Gasteiger partial charge in [-0.3, -0.25) is 4.79 Å². The fourth-order valence-corrected chi connectivity index (χ4v) is 4.89. The van der Waals surface area contributed by atoms with Gasteiger partial charge >= 0.3 is 0 Å². The van der Waals surface area contributed by atoms with Crippen molar-refractivity contribution < 1.29 is 17.9 Å². The van der Waals surface area contributed by atoms with Crippen LogP contribution in [0.15, 0.2) is 39.6 Å². The van der Waals surface area contributed by atoms with Gasteiger partial charge in [-0.1, -0.05) is 0 Å². The molecule has 1 fully saturated rings. The molecule has 0 unspecified atom stereocenters. The second kappa shape index (κ2) is 8.81. The number of nitrogens with one attached hydrogen (secondary N) is 1. The number of aryl methyl sites for hydroxylation is 3. The SMILES string of the molecule is Cc1cc(C)c2c(OCC(=O)Nc3ccc(S(=O)(=O)/N=C4\CCCN4C)cc3)nn(C)c2n1. The number of pyridine rings is 1. The van der Waals surface area contributed by atoms with Crippen molar-refractivity contribution in [1.82, 2.24) is 19.7 Å². The van der Waals surface area contributed by atoms with Gasteiger partial charge in [-0.25, -0.2) is 9.67 Å². The summed E-state index contributed by atoms with van der Waals surface area (Å²) in [5.74, 6) is 0.507. The first-order valence-corrected chi connectivity index (χ1v) is 12.0. The molecule has 174 valence electrons. The van der Waals surface area contributed by atoms with E-state index in [-0.39, 0.29) is 11.5 Å². The highest BCUT2D eigenvalue weighted by atomic mass is 32.2. The highest BCUT2D eigenvalue weighted by Gasteiger charge is 2.20. The Labute approximate surface area is 192 Å². The summed E-state index contributed by atoms with van der Waals surface area (Å²) in [6, 6.07) is 7.83. The minimum Gasteiger partial charge on any atom is -0.466 e. The Morgan fingerprint density at radius 3 is 2.61 bits per heavy atom. The molecule has 1 aliphatic heterocycles. The van der Waals surface area contributed by atoms with Crippen LogP contribution >= 0.6 is 0 Å². The van der Waals surface area contributed by atoms with Crippen LogP contribution in [0.3, 0.4) is 0 Å². The van der Waals surface area contributed by atoms with Gasteiger partial charge in [0.1, 0.15) is 5.84 Å². The summed E-state index contributed by atoms with van der Waals surface area (Å²) in [4.78, 5) is 18.8. The van der Waals surface area contributed by atoms with Crippen molar-refractivity contribution in [3.8, 4) is 5.88 Å². The van der Waals surface area contributed by atoms with E-state index in [1.807, 2.05) is 31.9 Å². The van der Waals surface area contributed by atoms with Crippen LogP contribution in [0.2, 0.25) is 0 Å². The number of carbonyl (C=O) groups is 1. The molecule has 3 heterocycles. The quantitative estimate of drug-likeness (QED) is 0.588. The zero-order valence-electron chi connectivity index (χ0n) is 19.0. The number of likely N-dealkylation sites (tertiary alicyclic amines) is 1. The van der Waals surface area contributed by atoms with E-state index in [0.717, 1.165) is 29.6 Å². The molecular weight excluding hydrogens is 444 g/mol. The number of fused-ring (bicyclic) bond motifs is 1. The van der Waals surface area contributed by atoms with E-state index in [0.29, 0.717) is 29.5 Å². The fourth-order valence-electron chi connectivity index (χ4n) is 3.79. The van der Waals surface area contributed by atoms with Crippen molar-refractivity contribution in [1.29, 1.82) is 0 Å². The number of amides is 1. The van der Waals surface area contributed by atoms with Crippen molar-refractivity contribution in [3.05, 3.63) is 41.6 Å². The maximum atomic E-state index is 12.5. The third-order valence-electron chi connectivity index (χ3n) is 5.42. The van der Waals surface area contributed by atoms with E-state index in [2.05, 4.69) is 19.8 Å². The van der Waals surface area contributed by atoms with Gasteiger partial charge < -0.3 is 15.0 Å². The molecule has 11 heteroatoms. The Morgan fingerprint density at radius 2 is 1.94 bits per heavy atom. The fraction of sp³-hybridized carbons (Fsp3) is 0.364. The molecule has 1 saturated heterocycles. The van der Waals surface area contributed by atoms with Crippen LogP contribution in [-0.2, 0) is 21.9 Å². The largest absolute Gasteiger partial charge is 0.466 e. The number of rotatable bonds is 6. The summed E-state index contributed by atoms with van der Waals surface area (Å²) in [7, 11) is -0.203. The van der Waals surface area contributed by atoms with Gasteiger partial charge in [-0.15, -0.1) is 9.50 Å². The Bertz CT molecular complexity index is 1350. The summed E-state index contributed by atoms with van der Waals surface area (Å²) in [6.07, 6.45) is 1.53. The van der Waals surface area contributed by atoms with Crippen LogP contribution < -0.4 is 10.1 Å². The van der Waals surface area contributed by atoms with Crippen LogP contribution in [0, 0.1) is 13.8 Å². The molecule has 1 aliphatic rings. The van der Waals surface area contributed by atoms with E-state index in [1.54, 1.807) is 11.7 Å². The third-order valence-corrected chi connectivity index (χ3v) is 6.74. The lowest BCUT2D eigenvalue weighted by Crippen LogP contribution is -2.21. The summed E-state index contributed by atoms with van der Waals surface area (Å²) in [5.41, 5.74) is 2.98. The third kappa shape index (κ3) is 4.82. The van der Waals surface area contributed by atoms with Crippen LogP contribution in [0.1, 0.15) is 24.1 Å². The number of anilines is 1. The van der Waals surface area contributed by atoms with E-state index in [1.165, 1.54) is 24.3 Å². The number of carbonyl (C=O) groups excluding carboxylic acids is 1. The number of hydrogen-bond donors (Lipinski definition) is 1. The number of aromatic nitrogens is 3. The Kier molecular flexibility index (Phi) is 6.07. The lowest BCUT2D eigenvalue weighted by Gasteiger charge is -2.11. The minimum absolute atomic E-state index is 0.0720. The predicted molar refractivity (Wildman–Crippen MR) is 125 cm³/mol. The molecule has 0 spiro atoms. The van der Waals surface area contributed by atoms with Crippen LogP contribution in [0.4, 0.5) is 5.69 Å². The monoisotopic (exact) mass is 470 g/mol. The smallest absolute Gasteiger partial charge is 0.283 e. The first kappa shape index (κ1) is 22.7. The van der Waals surface area contributed by atoms with Gasteiger partial charge in [-0.2, -0.15) is 8.42 Å². The highest BCUT2D eigenvalue weighted by molar-refractivity contribution is 7.90. The minimum atomic E-state index is -3.80. The molecule has 1 amide bonds. The molecule has 1 N–H and O–H groups in total. The average Bonchev–Trinajstić information content (AvgIpc) is 3.29. The Morgan fingerprint density at radius 1 is 1.21 bits per heavy atom. The van der Waals surface area contributed by atoms with E-state index >= 15 is 0 Å². The van der Waals surface area contributed by atoms with Gasteiger partial charge in [0.05, 0.1) is 10.3 Å². The molecule has 4 rings (SSSR count). The molecule has 0 radical (unpaired) electrons. The summed E-state index contributed by atoms with van der Waals surface area (Å²) in [6.45, 7) is 4.39. The molecule has 0 atom stereocenters. The summed E-state index contributed by atoms with van der Waals surface area (Å²) >= 11 is 0. The maximum Gasteiger partial charge on any atom is 0.283 e. The van der Waals surface area contributed by atoms with Gasteiger partial charge in [0.25, 0.3) is 15.9 Å². The molecule has 1 aromatic carbocycles. The van der Waals surface area contributed by atoms with Crippen LogP contribution in [-0.4, -0.2) is 60.0 Å².